The minimum atomic E-state index is -3.46. The van der Waals surface area contributed by atoms with Crippen LogP contribution in [0.15, 0.2) is 115 Å². The Morgan fingerprint density at radius 1 is 0.586 bits per heavy atom. The van der Waals surface area contributed by atoms with Crippen LogP contribution in [0.1, 0.15) is 15.9 Å². The highest BCUT2D eigenvalue weighted by atomic mass is 31.2. The van der Waals surface area contributed by atoms with Gasteiger partial charge in [-0.3, -0.25) is 9.36 Å². The quantitative estimate of drug-likeness (QED) is 0.330. The first-order valence-corrected chi connectivity index (χ1v) is 10.9. The van der Waals surface area contributed by atoms with Gasteiger partial charge in [-0.25, -0.2) is 0 Å². The first-order valence-electron chi connectivity index (χ1n) is 9.28. The third-order valence-corrected chi connectivity index (χ3v) is 7.00. The number of ketones is 1. The molecule has 0 spiro atoms. The van der Waals surface area contributed by atoms with Crippen molar-refractivity contribution in [1.29, 1.82) is 0 Å². The molecule has 0 amide bonds. The predicted molar refractivity (Wildman–Crippen MR) is 117 cm³/mol. The molecule has 0 saturated heterocycles. The number of carbonyl (C=O) groups is 1. The fraction of sp³-hybridized carbons (Fsp3) is 0. The Morgan fingerprint density at radius 3 is 1.59 bits per heavy atom. The van der Waals surface area contributed by atoms with Gasteiger partial charge in [-0.15, -0.1) is 0 Å². The zero-order chi connectivity index (χ0) is 20.1. The molecule has 4 aromatic carbocycles. The number of carbonyl (C=O) groups excluding carboxylic acids is 1. The second kappa shape index (κ2) is 8.30. The Morgan fingerprint density at radius 2 is 1.03 bits per heavy atom. The molecule has 0 saturated carbocycles. The Hall–Kier alpha value is -3.42. The van der Waals surface area contributed by atoms with E-state index in [1.54, 1.807) is 60.7 Å². The van der Waals surface area contributed by atoms with E-state index in [-0.39, 0.29) is 5.78 Å². The summed E-state index contributed by atoms with van der Waals surface area (Å²) in [5.41, 5.74) is 0.934. The Balaban J connectivity index is 1.81. The van der Waals surface area contributed by atoms with Gasteiger partial charge < -0.3 is 4.52 Å². The lowest BCUT2D eigenvalue weighted by molar-refractivity contribution is 0.103. The van der Waals surface area contributed by atoms with Crippen LogP contribution >= 0.6 is 7.37 Å². The van der Waals surface area contributed by atoms with Crippen molar-refractivity contribution < 1.29 is 13.9 Å². The third-order valence-electron chi connectivity index (χ3n) is 4.59. The van der Waals surface area contributed by atoms with E-state index in [9.17, 15) is 9.36 Å². The summed E-state index contributed by atoms with van der Waals surface area (Å²) in [6, 6.07) is 34.1. The summed E-state index contributed by atoms with van der Waals surface area (Å²) in [7, 11) is -3.46. The summed E-state index contributed by atoms with van der Waals surface area (Å²) >= 11 is 0. The molecule has 29 heavy (non-hydrogen) atoms. The van der Waals surface area contributed by atoms with Crippen molar-refractivity contribution in [1.82, 2.24) is 0 Å². The van der Waals surface area contributed by atoms with E-state index in [4.69, 9.17) is 4.52 Å². The molecule has 3 nitrogen and oxygen atoms in total. The van der Waals surface area contributed by atoms with E-state index in [2.05, 4.69) is 0 Å². The third kappa shape index (κ3) is 3.91. The molecule has 0 aliphatic rings. The van der Waals surface area contributed by atoms with E-state index in [1.807, 2.05) is 54.6 Å². The van der Waals surface area contributed by atoms with Crippen molar-refractivity contribution in [3.05, 3.63) is 126 Å². The van der Waals surface area contributed by atoms with Crippen molar-refractivity contribution >= 4 is 23.8 Å². The minimum absolute atomic E-state index is 0.172. The molecule has 0 aromatic heterocycles. The monoisotopic (exact) mass is 398 g/mol. The van der Waals surface area contributed by atoms with Crippen LogP contribution in [0.4, 0.5) is 0 Å². The Kier molecular flexibility index (Phi) is 5.41. The van der Waals surface area contributed by atoms with Gasteiger partial charge in [-0.05, 0) is 36.4 Å². The minimum Gasteiger partial charge on any atom is -0.436 e. The molecule has 0 aliphatic carbocycles. The maximum absolute atomic E-state index is 14.2. The van der Waals surface area contributed by atoms with E-state index in [1.165, 1.54) is 0 Å². The highest BCUT2D eigenvalue weighted by molar-refractivity contribution is 7.74. The zero-order valence-corrected chi connectivity index (χ0v) is 16.5. The molecular formula is C25H19O3P. The largest absolute Gasteiger partial charge is 0.436 e. The average molecular weight is 398 g/mol. The van der Waals surface area contributed by atoms with Crippen molar-refractivity contribution in [2.45, 2.75) is 0 Å². The summed E-state index contributed by atoms with van der Waals surface area (Å²) in [4.78, 5) is 13.1. The molecule has 0 bridgehead atoms. The SMILES string of the molecule is O=C(c1ccccc1)c1ccccc1OP(=O)(c1ccccc1)c1ccccc1. The van der Waals surface area contributed by atoms with E-state index >= 15 is 0 Å². The maximum Gasteiger partial charge on any atom is 0.306 e. The van der Waals surface area contributed by atoms with Gasteiger partial charge in [0.1, 0.15) is 5.75 Å². The van der Waals surface area contributed by atoms with Gasteiger partial charge in [0.15, 0.2) is 5.78 Å². The first kappa shape index (κ1) is 18.9. The number of rotatable bonds is 6. The number of hydrogen-bond acceptors (Lipinski definition) is 3. The van der Waals surface area contributed by atoms with Gasteiger partial charge >= 0.3 is 7.37 Å². The zero-order valence-electron chi connectivity index (χ0n) is 15.6. The van der Waals surface area contributed by atoms with Crippen LogP contribution in [0.2, 0.25) is 0 Å². The fourth-order valence-electron chi connectivity index (χ4n) is 3.12. The van der Waals surface area contributed by atoms with Crippen molar-refractivity contribution in [2.24, 2.45) is 0 Å². The lowest BCUT2D eigenvalue weighted by Crippen LogP contribution is -2.20. The van der Waals surface area contributed by atoms with Crippen LogP contribution in [0.3, 0.4) is 0 Å². The van der Waals surface area contributed by atoms with E-state index in [0.29, 0.717) is 27.5 Å². The summed E-state index contributed by atoms with van der Waals surface area (Å²) in [5.74, 6) is 0.131. The molecule has 0 heterocycles. The van der Waals surface area contributed by atoms with E-state index < -0.39 is 7.37 Å². The van der Waals surface area contributed by atoms with Gasteiger partial charge in [0, 0.05) is 5.56 Å². The second-order valence-corrected chi connectivity index (χ2v) is 8.82. The molecule has 0 N–H and O–H groups in total. The van der Waals surface area contributed by atoms with Gasteiger partial charge in [-0.1, -0.05) is 78.9 Å². The molecule has 0 aliphatic heterocycles. The van der Waals surface area contributed by atoms with Gasteiger partial charge in [0.2, 0.25) is 0 Å². The van der Waals surface area contributed by atoms with Gasteiger partial charge in [-0.2, -0.15) is 0 Å². The Bertz CT molecular complexity index is 1110. The lowest BCUT2D eigenvalue weighted by Gasteiger charge is -2.21. The fourth-order valence-corrected chi connectivity index (χ4v) is 5.19. The maximum atomic E-state index is 14.2. The number of hydrogen-bond donors (Lipinski definition) is 0. The van der Waals surface area contributed by atoms with Crippen molar-refractivity contribution in [2.75, 3.05) is 0 Å². The first-order chi connectivity index (χ1) is 14.2. The second-order valence-electron chi connectivity index (χ2n) is 6.51. The van der Waals surface area contributed by atoms with E-state index in [0.717, 1.165) is 0 Å². The standard InChI is InChI=1S/C25H19O3P/c26-25(20-12-4-1-5-13-20)23-18-10-11-19-24(23)28-29(27,21-14-6-2-7-15-21)22-16-8-3-9-17-22/h1-19H. The molecule has 0 radical (unpaired) electrons. The number of benzene rings is 4. The van der Waals surface area contributed by atoms with Crippen LogP contribution in [0, 0.1) is 0 Å². The molecule has 142 valence electrons. The molecular weight excluding hydrogens is 379 g/mol. The predicted octanol–water partition coefficient (Wildman–Crippen LogP) is 5.23. The summed E-state index contributed by atoms with van der Waals surface area (Å²) in [6.45, 7) is 0. The van der Waals surface area contributed by atoms with Crippen LogP contribution in [0.5, 0.6) is 5.75 Å². The highest BCUT2D eigenvalue weighted by Crippen LogP contribution is 2.46. The molecule has 0 atom stereocenters. The topological polar surface area (TPSA) is 43.4 Å². The Labute approximate surface area is 170 Å². The molecule has 0 fully saturated rings. The summed E-state index contributed by atoms with van der Waals surface area (Å²) < 4.78 is 20.3. The van der Waals surface area contributed by atoms with Crippen LogP contribution in [0.25, 0.3) is 0 Å². The van der Waals surface area contributed by atoms with Gasteiger partial charge in [0.05, 0.1) is 16.2 Å². The lowest BCUT2D eigenvalue weighted by atomic mass is 10.0. The molecule has 4 rings (SSSR count). The number of para-hydroxylation sites is 1. The summed E-state index contributed by atoms with van der Waals surface area (Å²) in [5, 5.41) is 1.15. The smallest absolute Gasteiger partial charge is 0.306 e. The van der Waals surface area contributed by atoms with Gasteiger partial charge in [0.25, 0.3) is 0 Å². The molecule has 4 aromatic rings. The highest BCUT2D eigenvalue weighted by Gasteiger charge is 2.31. The van der Waals surface area contributed by atoms with Crippen molar-refractivity contribution in [3.8, 4) is 5.75 Å². The average Bonchev–Trinajstić information content (AvgIpc) is 2.80. The van der Waals surface area contributed by atoms with Crippen LogP contribution < -0.4 is 15.1 Å². The van der Waals surface area contributed by atoms with Crippen LogP contribution in [-0.4, -0.2) is 5.78 Å². The molecule has 0 unspecified atom stereocenters. The summed E-state index contributed by atoms with van der Waals surface area (Å²) in [6.07, 6.45) is 0. The molecule has 4 heteroatoms. The normalized spacial score (nSPS) is 11.0. The van der Waals surface area contributed by atoms with Crippen LogP contribution in [-0.2, 0) is 4.57 Å². The van der Waals surface area contributed by atoms with Crippen molar-refractivity contribution in [3.63, 3.8) is 0 Å².